The molecule has 3 rings (SSSR count). The summed E-state index contributed by atoms with van der Waals surface area (Å²) in [5.74, 6) is -1.90. The molecule has 20 heteroatoms. The lowest BCUT2D eigenvalue weighted by molar-refractivity contribution is -0.149. The summed E-state index contributed by atoms with van der Waals surface area (Å²) in [6.45, 7) is 2.70. The Balaban J connectivity index is 1.57. The minimum Gasteiger partial charge on any atom is -0.480 e. The van der Waals surface area contributed by atoms with Gasteiger partial charge in [-0.3, -0.25) is 19.0 Å². The summed E-state index contributed by atoms with van der Waals surface area (Å²) >= 11 is 0. The van der Waals surface area contributed by atoms with Crippen molar-refractivity contribution in [1.29, 1.82) is 0 Å². The number of nitrogens with two attached hydrogens (primary N) is 2. The number of carbonyl (C=O) groups is 3. The predicted molar refractivity (Wildman–Crippen MR) is 161 cm³/mol. The van der Waals surface area contributed by atoms with E-state index in [4.69, 9.17) is 21.3 Å². The number of imidazole rings is 1. The van der Waals surface area contributed by atoms with Crippen LogP contribution >= 0.6 is 0 Å². The summed E-state index contributed by atoms with van der Waals surface area (Å²) in [5.41, 5.74) is 12.0. The van der Waals surface area contributed by atoms with Crippen molar-refractivity contribution in [3.05, 3.63) is 6.33 Å². The van der Waals surface area contributed by atoms with Crippen molar-refractivity contribution in [1.82, 2.24) is 34.5 Å². The second-order valence-electron chi connectivity index (χ2n) is 10.6. The Morgan fingerprint density at radius 3 is 2.53 bits per heavy atom. The number of nitrogens with one attached hydrogen (secondary N) is 3. The molecule has 10 N–H and O–H groups in total. The van der Waals surface area contributed by atoms with Crippen LogP contribution in [0.2, 0.25) is 0 Å². The van der Waals surface area contributed by atoms with E-state index in [0.717, 1.165) is 6.26 Å². The molecule has 0 aliphatic carbocycles. The molecule has 2 aromatic heterocycles. The number of carboxylic acid groups (broad SMARTS) is 1. The molecule has 252 valence electrons. The van der Waals surface area contributed by atoms with Gasteiger partial charge < -0.3 is 47.1 Å². The number of anilines is 2. The van der Waals surface area contributed by atoms with E-state index in [0.29, 0.717) is 32.2 Å². The van der Waals surface area contributed by atoms with E-state index in [1.165, 1.54) is 15.8 Å². The van der Waals surface area contributed by atoms with Gasteiger partial charge in [0.05, 0.1) is 12.6 Å². The zero-order valence-electron chi connectivity index (χ0n) is 25.1. The molecule has 19 nitrogen and oxygen atoms in total. The number of amides is 2. The van der Waals surface area contributed by atoms with Crippen LogP contribution in [0.25, 0.3) is 11.2 Å². The van der Waals surface area contributed by atoms with E-state index < -0.39 is 52.5 Å². The third-order valence-corrected chi connectivity index (χ3v) is 7.83. The Kier molecular flexibility index (Phi) is 12.8. The zero-order valence-corrected chi connectivity index (χ0v) is 25.9. The monoisotopic (exact) mass is 658 g/mol. The number of aliphatic hydroxyl groups is 2. The number of fused-ring (bicyclic) bond motifs is 1. The lowest BCUT2D eigenvalue weighted by atomic mass is 10.1. The molecule has 1 aliphatic rings. The second kappa shape index (κ2) is 16.0. The van der Waals surface area contributed by atoms with Crippen LogP contribution in [0.15, 0.2) is 6.33 Å². The minimum atomic E-state index is -3.22. The first-order chi connectivity index (χ1) is 21.2. The van der Waals surface area contributed by atoms with Gasteiger partial charge in [-0.15, -0.1) is 0 Å². The van der Waals surface area contributed by atoms with E-state index in [2.05, 4.69) is 30.3 Å². The molecular weight excluding hydrogens is 616 g/mol. The predicted octanol–water partition coefficient (Wildman–Crippen LogP) is -2.68. The van der Waals surface area contributed by atoms with Crippen molar-refractivity contribution in [2.45, 2.75) is 69.6 Å². The van der Waals surface area contributed by atoms with Crippen LogP contribution in [-0.2, 0) is 29.1 Å². The SMILES string of the molecule is CCN(CC[C@H](N)C(=O)O)C(=O)[C@H]1O[C@@H](n2cnc3c(N)nc(NCCNC(=O)CCCCCNS(C)(=O)=O)nc32)[C@H](O)[C@@H]1O. The standard InChI is InChI=1S/C25H42N10O9S/c1-3-34(12-8-14(26)24(40)41)22(39)19-17(37)18(38)23(44-19)35-13-30-16-20(27)32-25(33-21(16)35)29-11-10-28-15(36)7-5-4-6-9-31-45(2,42)43/h13-14,17-19,23,31,37-38H,3-12,26H2,1-2H3,(H,28,36)(H,40,41)(H3,27,29,32,33)/t14-,17-,18+,19-,23+/m0/s1. The molecule has 45 heavy (non-hydrogen) atoms. The van der Waals surface area contributed by atoms with Gasteiger partial charge in [0.15, 0.2) is 23.8 Å². The van der Waals surface area contributed by atoms with E-state index in [-0.39, 0.29) is 61.4 Å². The number of likely N-dealkylation sites (N-methyl/N-ethyl adjacent to an activating group) is 1. The van der Waals surface area contributed by atoms with Gasteiger partial charge in [-0.25, -0.2) is 18.1 Å². The number of sulfonamides is 1. The zero-order chi connectivity index (χ0) is 33.3. The molecule has 0 radical (unpaired) electrons. The lowest BCUT2D eigenvalue weighted by Gasteiger charge is -2.26. The van der Waals surface area contributed by atoms with E-state index in [1.807, 2.05) is 0 Å². The molecule has 2 aromatic rings. The number of nitrogens with zero attached hydrogens (tertiary/aromatic N) is 5. The van der Waals surface area contributed by atoms with Gasteiger partial charge >= 0.3 is 5.97 Å². The molecule has 0 spiro atoms. The number of unbranched alkanes of at least 4 members (excludes halogenated alkanes) is 2. The van der Waals surface area contributed by atoms with Crippen molar-refractivity contribution in [3.8, 4) is 0 Å². The first-order valence-electron chi connectivity index (χ1n) is 14.5. The largest absolute Gasteiger partial charge is 0.480 e. The number of carbonyl (C=O) groups excluding carboxylic acids is 2. The summed E-state index contributed by atoms with van der Waals surface area (Å²) in [7, 11) is -3.22. The molecule has 5 atom stereocenters. The van der Waals surface area contributed by atoms with Crippen molar-refractivity contribution < 1.29 is 42.9 Å². The molecule has 2 amide bonds. The molecule has 1 aliphatic heterocycles. The van der Waals surface area contributed by atoms with Crippen molar-refractivity contribution in [3.63, 3.8) is 0 Å². The number of hydrogen-bond acceptors (Lipinski definition) is 14. The lowest BCUT2D eigenvalue weighted by Crippen LogP contribution is -2.46. The first kappa shape index (κ1) is 35.8. The summed E-state index contributed by atoms with van der Waals surface area (Å²) in [4.78, 5) is 50.3. The van der Waals surface area contributed by atoms with Crippen LogP contribution in [0.3, 0.4) is 0 Å². The third-order valence-electron chi connectivity index (χ3n) is 7.10. The molecule has 1 fully saturated rings. The highest BCUT2D eigenvalue weighted by Gasteiger charge is 2.49. The maximum atomic E-state index is 13.1. The number of aliphatic hydroxyl groups excluding tert-OH is 2. The molecular formula is C25H42N10O9S. The third kappa shape index (κ3) is 9.90. The van der Waals surface area contributed by atoms with Crippen LogP contribution in [0, 0.1) is 0 Å². The van der Waals surface area contributed by atoms with E-state index in [9.17, 15) is 33.0 Å². The van der Waals surface area contributed by atoms with Gasteiger partial charge in [0.1, 0.15) is 23.8 Å². The van der Waals surface area contributed by atoms with Gasteiger partial charge in [0, 0.05) is 39.1 Å². The Morgan fingerprint density at radius 2 is 1.87 bits per heavy atom. The van der Waals surface area contributed by atoms with Crippen molar-refractivity contribution in [2.75, 3.05) is 50.0 Å². The average molecular weight is 659 g/mol. The summed E-state index contributed by atoms with van der Waals surface area (Å²) < 4.78 is 31.6. The maximum absolute atomic E-state index is 13.1. The molecule has 0 aromatic carbocycles. The fourth-order valence-corrected chi connectivity index (χ4v) is 5.14. The number of aliphatic carboxylic acids is 1. The number of carboxylic acids is 1. The Labute approximate surface area is 259 Å². The van der Waals surface area contributed by atoms with Gasteiger partial charge in [0.25, 0.3) is 5.91 Å². The Bertz CT molecular complexity index is 1440. The second-order valence-corrected chi connectivity index (χ2v) is 12.4. The number of ether oxygens (including phenoxy) is 1. The topological polar surface area (TPSA) is 290 Å². The molecule has 0 saturated carbocycles. The van der Waals surface area contributed by atoms with Crippen LogP contribution in [0.5, 0.6) is 0 Å². The molecule has 3 heterocycles. The number of hydrogen-bond donors (Lipinski definition) is 8. The quantitative estimate of drug-likeness (QED) is 0.0757. The van der Waals surface area contributed by atoms with E-state index >= 15 is 0 Å². The van der Waals surface area contributed by atoms with Gasteiger partial charge in [-0.05, 0) is 26.2 Å². The highest BCUT2D eigenvalue weighted by atomic mass is 32.2. The summed E-state index contributed by atoms with van der Waals surface area (Å²) in [5, 5.41) is 36.2. The molecule has 0 unspecified atom stereocenters. The number of nitrogen functional groups attached to an aromatic ring is 1. The highest BCUT2D eigenvalue weighted by Crippen LogP contribution is 2.33. The van der Waals surface area contributed by atoms with Crippen molar-refractivity contribution in [2.24, 2.45) is 5.73 Å². The van der Waals surface area contributed by atoms with Gasteiger partial charge in [-0.1, -0.05) is 6.42 Å². The smallest absolute Gasteiger partial charge is 0.320 e. The fraction of sp³-hybridized carbons (Fsp3) is 0.680. The summed E-state index contributed by atoms with van der Waals surface area (Å²) in [6, 6.07) is -1.17. The molecule has 1 saturated heterocycles. The van der Waals surface area contributed by atoms with Gasteiger partial charge in [-0.2, -0.15) is 9.97 Å². The first-order valence-corrected chi connectivity index (χ1v) is 16.4. The summed E-state index contributed by atoms with van der Waals surface area (Å²) in [6.07, 6.45) is -1.29. The van der Waals surface area contributed by atoms with Crippen LogP contribution in [0.4, 0.5) is 11.8 Å². The Morgan fingerprint density at radius 1 is 1.13 bits per heavy atom. The maximum Gasteiger partial charge on any atom is 0.320 e. The van der Waals surface area contributed by atoms with Crippen LogP contribution in [-0.4, -0.2) is 129 Å². The van der Waals surface area contributed by atoms with Gasteiger partial charge in [0.2, 0.25) is 21.9 Å². The number of rotatable bonds is 18. The minimum absolute atomic E-state index is 0.00834. The molecule has 0 bridgehead atoms. The normalized spacial score (nSPS) is 20.6. The van der Waals surface area contributed by atoms with E-state index in [1.54, 1.807) is 6.92 Å². The average Bonchev–Trinajstić information content (AvgIpc) is 3.53. The Hall–Kier alpha value is -3.69. The highest BCUT2D eigenvalue weighted by molar-refractivity contribution is 7.88. The van der Waals surface area contributed by atoms with Crippen LogP contribution < -0.4 is 26.8 Å². The number of aromatic nitrogens is 4. The fourth-order valence-electron chi connectivity index (χ4n) is 4.63. The van der Waals surface area contributed by atoms with Crippen LogP contribution in [0.1, 0.15) is 45.3 Å². The van der Waals surface area contributed by atoms with Crippen molar-refractivity contribution >= 4 is 50.7 Å².